The highest BCUT2D eigenvalue weighted by Crippen LogP contribution is 2.38. The number of hydrogen-bond acceptors (Lipinski definition) is 4. The molecule has 0 aliphatic carbocycles. The van der Waals surface area contributed by atoms with Gasteiger partial charge in [0.1, 0.15) is 11.6 Å². The van der Waals surface area contributed by atoms with Gasteiger partial charge in [-0.15, -0.1) is 0 Å². The Balaban J connectivity index is 1.30. The fraction of sp³-hybridized carbons (Fsp3) is 0.280. The first-order chi connectivity index (χ1) is 15.7. The van der Waals surface area contributed by atoms with Crippen molar-refractivity contribution >= 4 is 5.82 Å². The van der Waals surface area contributed by atoms with Crippen LogP contribution >= 0.6 is 0 Å². The number of nitrogens with zero attached hydrogens (tertiary/aromatic N) is 5. The Morgan fingerprint density at radius 3 is 2.69 bits per heavy atom. The number of nitrogens with one attached hydrogen (secondary N) is 1. The Morgan fingerprint density at radius 2 is 1.91 bits per heavy atom. The highest BCUT2D eigenvalue weighted by Gasteiger charge is 2.43. The lowest BCUT2D eigenvalue weighted by molar-refractivity contribution is 0.199. The van der Waals surface area contributed by atoms with Crippen LogP contribution in [-0.4, -0.2) is 45.3 Å². The maximum Gasteiger partial charge on any atom is 0.161 e. The van der Waals surface area contributed by atoms with Gasteiger partial charge < -0.3 is 14.8 Å². The molecular formula is C25H23FN6. The molecule has 0 amide bonds. The molecule has 7 rings (SSSR count). The third-order valence-corrected chi connectivity index (χ3v) is 7.22. The van der Waals surface area contributed by atoms with E-state index in [1.54, 1.807) is 0 Å². The van der Waals surface area contributed by atoms with Gasteiger partial charge in [0.15, 0.2) is 5.82 Å². The zero-order valence-corrected chi connectivity index (χ0v) is 17.6. The lowest BCUT2D eigenvalue weighted by Gasteiger charge is -2.39. The predicted octanol–water partition coefficient (Wildman–Crippen LogP) is 3.70. The third-order valence-electron chi connectivity index (χ3n) is 7.22. The molecule has 4 aromatic rings. The summed E-state index contributed by atoms with van der Waals surface area (Å²) in [5.74, 6) is 1.73. The molecule has 3 aliphatic heterocycles. The number of aromatic nitrogens is 4. The van der Waals surface area contributed by atoms with Gasteiger partial charge in [-0.25, -0.2) is 14.4 Å². The number of imidazole rings is 1. The van der Waals surface area contributed by atoms with E-state index in [2.05, 4.69) is 48.7 Å². The second-order valence-electron chi connectivity index (χ2n) is 9.28. The molecule has 0 bridgehead atoms. The first kappa shape index (κ1) is 18.2. The van der Waals surface area contributed by atoms with E-state index >= 15 is 0 Å². The Kier molecular flexibility index (Phi) is 3.70. The van der Waals surface area contributed by atoms with E-state index in [-0.39, 0.29) is 5.82 Å². The standard InChI is InChI=1S/C25H23FN6/c26-19-3-1-17(2-4-19)18-11-22-24-28-8-10-32(24)21-5-6-23(29-20(21)13-31(22)12-18)30-9-7-25(16-30)14-27-15-25/h1-6,8,10-12,27H,7,9,13-16H2. The summed E-state index contributed by atoms with van der Waals surface area (Å²) in [7, 11) is 0. The Bertz CT molecular complexity index is 1330. The molecule has 2 saturated heterocycles. The van der Waals surface area contributed by atoms with Crippen molar-refractivity contribution < 1.29 is 4.39 Å². The van der Waals surface area contributed by atoms with Gasteiger partial charge in [0.2, 0.25) is 0 Å². The van der Waals surface area contributed by atoms with Crippen LogP contribution in [0.3, 0.4) is 0 Å². The molecule has 2 fully saturated rings. The number of anilines is 1. The van der Waals surface area contributed by atoms with Gasteiger partial charge in [-0.05, 0) is 42.3 Å². The molecule has 3 aliphatic rings. The number of rotatable bonds is 2. The molecule has 32 heavy (non-hydrogen) atoms. The number of pyridine rings is 1. The normalized spacial score (nSPS) is 18.1. The fourth-order valence-corrected chi connectivity index (χ4v) is 5.37. The van der Waals surface area contributed by atoms with Crippen LogP contribution < -0.4 is 10.2 Å². The molecule has 1 aromatic carbocycles. The van der Waals surface area contributed by atoms with Gasteiger partial charge in [0, 0.05) is 55.7 Å². The first-order valence-electron chi connectivity index (χ1n) is 11.1. The van der Waals surface area contributed by atoms with E-state index in [1.807, 2.05) is 24.5 Å². The summed E-state index contributed by atoms with van der Waals surface area (Å²) in [6, 6.07) is 13.1. The zero-order chi connectivity index (χ0) is 21.3. The van der Waals surface area contributed by atoms with E-state index < -0.39 is 0 Å². The van der Waals surface area contributed by atoms with Crippen LogP contribution in [0.15, 0.2) is 61.1 Å². The highest BCUT2D eigenvalue weighted by molar-refractivity contribution is 5.71. The lowest BCUT2D eigenvalue weighted by atomic mass is 9.81. The van der Waals surface area contributed by atoms with E-state index in [1.165, 1.54) is 18.6 Å². The minimum atomic E-state index is -0.225. The monoisotopic (exact) mass is 426 g/mol. The third kappa shape index (κ3) is 2.67. The Labute approximate surface area is 185 Å². The SMILES string of the molecule is Fc1ccc(-c2cc3n(c2)Cc2nc(N4CCC5(CNC5)C4)ccc2-n2ccnc2-3)cc1. The summed E-state index contributed by atoms with van der Waals surface area (Å²) < 4.78 is 17.7. The zero-order valence-electron chi connectivity index (χ0n) is 17.6. The molecular weight excluding hydrogens is 403 g/mol. The average molecular weight is 426 g/mol. The highest BCUT2D eigenvalue weighted by atomic mass is 19.1. The molecule has 3 aromatic heterocycles. The van der Waals surface area contributed by atoms with Gasteiger partial charge in [-0.2, -0.15) is 0 Å². The van der Waals surface area contributed by atoms with Crippen LogP contribution in [0.4, 0.5) is 10.2 Å². The minimum Gasteiger partial charge on any atom is -0.356 e. The second-order valence-corrected chi connectivity index (χ2v) is 9.28. The van der Waals surface area contributed by atoms with Crippen molar-refractivity contribution in [3.05, 3.63) is 72.6 Å². The van der Waals surface area contributed by atoms with E-state index in [0.29, 0.717) is 12.0 Å². The van der Waals surface area contributed by atoms with Crippen molar-refractivity contribution in [2.24, 2.45) is 5.41 Å². The Morgan fingerprint density at radius 1 is 1.03 bits per heavy atom. The minimum absolute atomic E-state index is 0.225. The van der Waals surface area contributed by atoms with Crippen LogP contribution in [0.5, 0.6) is 0 Å². The average Bonchev–Trinajstić information content (AvgIpc) is 3.51. The Hall–Kier alpha value is -3.45. The van der Waals surface area contributed by atoms with Crippen LogP contribution in [-0.2, 0) is 6.54 Å². The first-order valence-corrected chi connectivity index (χ1v) is 11.1. The van der Waals surface area contributed by atoms with Crippen molar-refractivity contribution in [3.8, 4) is 28.3 Å². The van der Waals surface area contributed by atoms with Gasteiger partial charge >= 0.3 is 0 Å². The van der Waals surface area contributed by atoms with Crippen molar-refractivity contribution in [2.45, 2.75) is 13.0 Å². The largest absolute Gasteiger partial charge is 0.356 e. The van der Waals surface area contributed by atoms with Crippen molar-refractivity contribution in [2.75, 3.05) is 31.1 Å². The summed E-state index contributed by atoms with van der Waals surface area (Å²) in [5, 5.41) is 3.43. The number of benzene rings is 1. The molecule has 6 heterocycles. The molecule has 160 valence electrons. The van der Waals surface area contributed by atoms with E-state index in [0.717, 1.165) is 66.0 Å². The summed E-state index contributed by atoms with van der Waals surface area (Å²) in [6.45, 7) is 5.04. The second kappa shape index (κ2) is 6.53. The van der Waals surface area contributed by atoms with Gasteiger partial charge in [0.25, 0.3) is 0 Å². The summed E-state index contributed by atoms with van der Waals surface area (Å²) in [6.07, 6.45) is 7.19. The van der Waals surface area contributed by atoms with Gasteiger partial charge in [-0.1, -0.05) is 12.1 Å². The van der Waals surface area contributed by atoms with E-state index in [4.69, 9.17) is 4.98 Å². The quantitative estimate of drug-likeness (QED) is 0.468. The van der Waals surface area contributed by atoms with Crippen LogP contribution in [0, 0.1) is 11.2 Å². The number of fused-ring (bicyclic) bond motifs is 5. The lowest BCUT2D eigenvalue weighted by Crippen LogP contribution is -2.54. The fourth-order valence-electron chi connectivity index (χ4n) is 5.37. The summed E-state index contributed by atoms with van der Waals surface area (Å²) >= 11 is 0. The molecule has 0 atom stereocenters. The smallest absolute Gasteiger partial charge is 0.161 e. The number of hydrogen-bond donors (Lipinski definition) is 1. The van der Waals surface area contributed by atoms with Gasteiger partial charge in [0.05, 0.1) is 23.6 Å². The predicted molar refractivity (Wildman–Crippen MR) is 121 cm³/mol. The molecule has 0 saturated carbocycles. The van der Waals surface area contributed by atoms with E-state index in [9.17, 15) is 4.39 Å². The molecule has 0 unspecified atom stereocenters. The topological polar surface area (TPSA) is 50.9 Å². The molecule has 1 spiro atoms. The van der Waals surface area contributed by atoms with Crippen LogP contribution in [0.2, 0.25) is 0 Å². The molecule has 6 nitrogen and oxygen atoms in total. The summed E-state index contributed by atoms with van der Waals surface area (Å²) in [4.78, 5) is 12.2. The summed E-state index contributed by atoms with van der Waals surface area (Å²) in [5.41, 5.74) is 5.62. The molecule has 7 heteroatoms. The maximum absolute atomic E-state index is 13.4. The number of halogens is 1. The van der Waals surface area contributed by atoms with Crippen molar-refractivity contribution in [3.63, 3.8) is 0 Å². The van der Waals surface area contributed by atoms with Crippen LogP contribution in [0.1, 0.15) is 12.1 Å². The van der Waals surface area contributed by atoms with Gasteiger partial charge in [-0.3, -0.25) is 4.57 Å². The van der Waals surface area contributed by atoms with Crippen molar-refractivity contribution in [1.29, 1.82) is 0 Å². The van der Waals surface area contributed by atoms with Crippen molar-refractivity contribution in [1.82, 2.24) is 24.4 Å². The molecule has 1 N–H and O–H groups in total. The van der Waals surface area contributed by atoms with Crippen LogP contribution in [0.25, 0.3) is 28.3 Å². The maximum atomic E-state index is 13.4. The molecule has 0 radical (unpaired) electrons.